The first-order chi connectivity index (χ1) is 9.56. The number of rotatable bonds is 5. The Morgan fingerprint density at radius 2 is 2.20 bits per heavy atom. The van der Waals surface area contributed by atoms with E-state index in [0.717, 1.165) is 30.0 Å². The molecule has 5 heteroatoms. The molecule has 1 aliphatic heterocycles. The van der Waals surface area contributed by atoms with E-state index >= 15 is 0 Å². The lowest BCUT2D eigenvalue weighted by atomic mass is 10.0. The molecule has 1 saturated heterocycles. The Bertz CT molecular complexity index is 452. The standard InChI is InChI=1S/C15H20FNO2S/c1-11(8-12-2-4-13(16)5-3-12)17-6-7-20-10-14(17)9-15(18)19/h2-5,11,14H,6-10H2,1H3,(H,18,19). The number of hydrogen-bond acceptors (Lipinski definition) is 3. The molecule has 2 rings (SSSR count). The number of carbonyl (C=O) groups is 1. The predicted octanol–water partition coefficient (Wildman–Crippen LogP) is 2.65. The topological polar surface area (TPSA) is 40.5 Å². The van der Waals surface area contributed by atoms with Gasteiger partial charge in [0.2, 0.25) is 0 Å². The van der Waals surface area contributed by atoms with Gasteiger partial charge in [-0.05, 0) is 31.0 Å². The van der Waals surface area contributed by atoms with Crippen molar-refractivity contribution < 1.29 is 14.3 Å². The largest absolute Gasteiger partial charge is 0.481 e. The lowest BCUT2D eigenvalue weighted by Crippen LogP contribution is -2.49. The quantitative estimate of drug-likeness (QED) is 0.907. The van der Waals surface area contributed by atoms with Crippen LogP contribution in [0, 0.1) is 5.82 Å². The van der Waals surface area contributed by atoms with Crippen molar-refractivity contribution in [3.63, 3.8) is 0 Å². The van der Waals surface area contributed by atoms with Crippen LogP contribution in [0.25, 0.3) is 0 Å². The number of carboxylic acids is 1. The van der Waals surface area contributed by atoms with Gasteiger partial charge in [-0.2, -0.15) is 11.8 Å². The van der Waals surface area contributed by atoms with Gasteiger partial charge in [0.25, 0.3) is 0 Å². The number of carboxylic acid groups (broad SMARTS) is 1. The maximum Gasteiger partial charge on any atom is 0.304 e. The Kier molecular flexibility index (Phi) is 5.43. The van der Waals surface area contributed by atoms with Crippen molar-refractivity contribution >= 4 is 17.7 Å². The highest BCUT2D eigenvalue weighted by atomic mass is 32.2. The summed E-state index contributed by atoms with van der Waals surface area (Å²) in [6, 6.07) is 6.92. The summed E-state index contributed by atoms with van der Waals surface area (Å²) in [7, 11) is 0. The number of thioether (sulfide) groups is 1. The first-order valence-electron chi connectivity index (χ1n) is 6.86. The Hall–Kier alpha value is -1.07. The average molecular weight is 297 g/mol. The molecule has 1 aromatic rings. The van der Waals surface area contributed by atoms with Gasteiger partial charge < -0.3 is 5.11 Å². The smallest absolute Gasteiger partial charge is 0.304 e. The molecule has 1 N–H and O–H groups in total. The van der Waals surface area contributed by atoms with Crippen LogP contribution in [-0.2, 0) is 11.2 Å². The minimum absolute atomic E-state index is 0.0988. The lowest BCUT2D eigenvalue weighted by molar-refractivity contribution is -0.138. The van der Waals surface area contributed by atoms with E-state index in [1.54, 1.807) is 12.1 Å². The van der Waals surface area contributed by atoms with Crippen molar-refractivity contribution in [1.82, 2.24) is 4.90 Å². The summed E-state index contributed by atoms with van der Waals surface area (Å²) in [6.45, 7) is 3.04. The summed E-state index contributed by atoms with van der Waals surface area (Å²) in [4.78, 5) is 13.2. The minimum atomic E-state index is -0.739. The van der Waals surface area contributed by atoms with E-state index in [1.807, 2.05) is 11.8 Å². The molecule has 0 aliphatic carbocycles. The van der Waals surface area contributed by atoms with Gasteiger partial charge in [0.15, 0.2) is 0 Å². The summed E-state index contributed by atoms with van der Waals surface area (Å²) >= 11 is 1.82. The Morgan fingerprint density at radius 3 is 2.85 bits per heavy atom. The molecule has 3 nitrogen and oxygen atoms in total. The summed E-state index contributed by atoms with van der Waals surface area (Å²) in [5.41, 5.74) is 1.09. The van der Waals surface area contributed by atoms with Crippen LogP contribution in [0.2, 0.25) is 0 Å². The van der Waals surface area contributed by atoms with E-state index in [-0.39, 0.29) is 24.3 Å². The van der Waals surface area contributed by atoms with E-state index < -0.39 is 5.97 Å². The van der Waals surface area contributed by atoms with Crippen LogP contribution >= 0.6 is 11.8 Å². The van der Waals surface area contributed by atoms with E-state index in [4.69, 9.17) is 5.11 Å². The Labute approximate surface area is 123 Å². The van der Waals surface area contributed by atoms with Crippen molar-refractivity contribution in [3.8, 4) is 0 Å². The molecule has 0 radical (unpaired) electrons. The van der Waals surface area contributed by atoms with Gasteiger partial charge in [-0.1, -0.05) is 12.1 Å². The van der Waals surface area contributed by atoms with Crippen LogP contribution in [0.4, 0.5) is 4.39 Å². The molecule has 1 aromatic carbocycles. The third-order valence-electron chi connectivity index (χ3n) is 3.69. The van der Waals surface area contributed by atoms with Crippen molar-refractivity contribution in [2.24, 2.45) is 0 Å². The molecular formula is C15H20FNO2S. The maximum atomic E-state index is 12.9. The van der Waals surface area contributed by atoms with Crippen LogP contribution < -0.4 is 0 Å². The van der Waals surface area contributed by atoms with Gasteiger partial charge in [-0.25, -0.2) is 4.39 Å². The molecule has 110 valence electrons. The van der Waals surface area contributed by atoms with Gasteiger partial charge in [0, 0.05) is 30.1 Å². The molecule has 1 fully saturated rings. The highest BCUT2D eigenvalue weighted by Gasteiger charge is 2.28. The fourth-order valence-corrected chi connectivity index (χ4v) is 3.79. The van der Waals surface area contributed by atoms with E-state index in [2.05, 4.69) is 11.8 Å². The molecular weight excluding hydrogens is 277 g/mol. The van der Waals surface area contributed by atoms with Gasteiger partial charge in [-0.15, -0.1) is 0 Å². The number of hydrogen-bond donors (Lipinski definition) is 1. The molecule has 0 aromatic heterocycles. The normalized spacial score (nSPS) is 21.6. The SMILES string of the molecule is CC(Cc1ccc(F)cc1)N1CCSCC1CC(=O)O. The minimum Gasteiger partial charge on any atom is -0.481 e. The van der Waals surface area contributed by atoms with Crippen molar-refractivity contribution in [3.05, 3.63) is 35.6 Å². The predicted molar refractivity (Wildman–Crippen MR) is 79.6 cm³/mol. The van der Waals surface area contributed by atoms with Crippen molar-refractivity contribution in [2.45, 2.75) is 31.8 Å². The zero-order valence-corrected chi connectivity index (χ0v) is 12.4. The van der Waals surface area contributed by atoms with E-state index in [9.17, 15) is 9.18 Å². The highest BCUT2D eigenvalue weighted by Crippen LogP contribution is 2.23. The molecule has 2 atom stereocenters. The number of halogens is 1. The number of aliphatic carboxylic acids is 1. The van der Waals surface area contributed by atoms with Gasteiger partial charge >= 0.3 is 5.97 Å². The first-order valence-corrected chi connectivity index (χ1v) is 8.01. The Morgan fingerprint density at radius 1 is 1.50 bits per heavy atom. The maximum absolute atomic E-state index is 12.9. The second-order valence-corrected chi connectivity index (χ2v) is 6.39. The molecule has 2 unspecified atom stereocenters. The van der Waals surface area contributed by atoms with E-state index in [0.29, 0.717) is 0 Å². The van der Waals surface area contributed by atoms with Gasteiger partial charge in [0.05, 0.1) is 6.42 Å². The number of benzene rings is 1. The average Bonchev–Trinajstić information content (AvgIpc) is 2.41. The van der Waals surface area contributed by atoms with Crippen molar-refractivity contribution in [1.29, 1.82) is 0 Å². The zero-order valence-electron chi connectivity index (χ0n) is 11.6. The monoisotopic (exact) mass is 297 g/mol. The summed E-state index contributed by atoms with van der Waals surface area (Å²) in [5, 5.41) is 9.01. The van der Waals surface area contributed by atoms with Crippen molar-refractivity contribution in [2.75, 3.05) is 18.1 Å². The second kappa shape index (κ2) is 7.09. The third-order valence-corrected chi connectivity index (χ3v) is 4.79. The molecule has 0 amide bonds. The van der Waals surface area contributed by atoms with Crippen LogP contribution in [0.3, 0.4) is 0 Å². The van der Waals surface area contributed by atoms with Crippen LogP contribution in [0.1, 0.15) is 18.9 Å². The second-order valence-electron chi connectivity index (χ2n) is 5.24. The fraction of sp³-hybridized carbons (Fsp3) is 0.533. The third kappa shape index (κ3) is 4.21. The molecule has 0 bridgehead atoms. The van der Waals surface area contributed by atoms with Crippen LogP contribution in [0.15, 0.2) is 24.3 Å². The summed E-state index contributed by atoms with van der Waals surface area (Å²) in [6.07, 6.45) is 1.02. The summed E-state index contributed by atoms with van der Waals surface area (Å²) in [5.74, 6) is 0.959. The highest BCUT2D eigenvalue weighted by molar-refractivity contribution is 7.99. The summed E-state index contributed by atoms with van der Waals surface area (Å²) < 4.78 is 12.9. The number of nitrogens with zero attached hydrogens (tertiary/aromatic N) is 1. The van der Waals surface area contributed by atoms with Gasteiger partial charge in [-0.3, -0.25) is 9.69 Å². The van der Waals surface area contributed by atoms with Gasteiger partial charge in [0.1, 0.15) is 5.82 Å². The van der Waals surface area contributed by atoms with Crippen LogP contribution in [-0.4, -0.2) is 46.1 Å². The Balaban J connectivity index is 1.99. The molecule has 0 saturated carbocycles. The lowest BCUT2D eigenvalue weighted by Gasteiger charge is -2.39. The zero-order chi connectivity index (χ0) is 14.5. The van der Waals surface area contributed by atoms with E-state index in [1.165, 1.54) is 12.1 Å². The first kappa shape index (κ1) is 15.3. The van der Waals surface area contributed by atoms with Crippen LogP contribution in [0.5, 0.6) is 0 Å². The molecule has 1 aliphatic rings. The molecule has 20 heavy (non-hydrogen) atoms. The fourth-order valence-electron chi connectivity index (χ4n) is 2.70. The molecule has 1 heterocycles. The molecule has 0 spiro atoms.